The van der Waals surface area contributed by atoms with Crippen molar-refractivity contribution in [2.75, 3.05) is 0 Å². The van der Waals surface area contributed by atoms with Gasteiger partial charge >= 0.3 is 0 Å². The van der Waals surface area contributed by atoms with E-state index in [4.69, 9.17) is 11.6 Å². The first-order valence-electron chi connectivity index (χ1n) is 2.87. The third kappa shape index (κ3) is 1.43. The standard InChI is InChI=1S/C7H2ClF3O/c8-7(12)5-3(9)1-2-4(10)6(5)11/h1-2H. The molecule has 0 unspecified atom stereocenters. The summed E-state index contributed by atoms with van der Waals surface area (Å²) in [5, 5.41) is -1.36. The lowest BCUT2D eigenvalue weighted by molar-refractivity contribution is 0.107. The summed E-state index contributed by atoms with van der Waals surface area (Å²) >= 11 is 4.80. The first-order chi connectivity index (χ1) is 5.54. The second-order valence-electron chi connectivity index (χ2n) is 1.99. The normalized spacial score (nSPS) is 10.0. The van der Waals surface area contributed by atoms with Crippen LogP contribution in [0.2, 0.25) is 0 Å². The summed E-state index contributed by atoms with van der Waals surface area (Å²) < 4.78 is 37.5. The van der Waals surface area contributed by atoms with Crippen molar-refractivity contribution in [3.8, 4) is 0 Å². The fraction of sp³-hybridized carbons (Fsp3) is 0. The van der Waals surface area contributed by atoms with E-state index < -0.39 is 28.3 Å². The van der Waals surface area contributed by atoms with Crippen molar-refractivity contribution in [3.63, 3.8) is 0 Å². The highest BCUT2D eigenvalue weighted by Gasteiger charge is 2.18. The Balaban J connectivity index is 3.43. The number of benzene rings is 1. The van der Waals surface area contributed by atoms with Gasteiger partial charge in [-0.15, -0.1) is 0 Å². The minimum atomic E-state index is -1.56. The quantitative estimate of drug-likeness (QED) is 0.496. The maximum Gasteiger partial charge on any atom is 0.258 e. The van der Waals surface area contributed by atoms with E-state index in [1.54, 1.807) is 0 Å². The topological polar surface area (TPSA) is 17.1 Å². The first-order valence-corrected chi connectivity index (χ1v) is 3.25. The van der Waals surface area contributed by atoms with Gasteiger partial charge in [-0.05, 0) is 23.7 Å². The van der Waals surface area contributed by atoms with Gasteiger partial charge in [-0.1, -0.05) is 0 Å². The zero-order valence-corrected chi connectivity index (χ0v) is 6.33. The van der Waals surface area contributed by atoms with E-state index in [1.165, 1.54) is 0 Å². The van der Waals surface area contributed by atoms with Gasteiger partial charge in [0.2, 0.25) is 0 Å². The van der Waals surface area contributed by atoms with E-state index >= 15 is 0 Å². The molecule has 0 atom stereocenters. The predicted molar refractivity (Wildman–Crippen MR) is 36.5 cm³/mol. The van der Waals surface area contributed by atoms with Crippen molar-refractivity contribution >= 4 is 16.8 Å². The molecule has 0 aliphatic heterocycles. The molecule has 0 aromatic heterocycles. The molecule has 0 aliphatic rings. The van der Waals surface area contributed by atoms with E-state index in [0.717, 1.165) is 0 Å². The van der Waals surface area contributed by atoms with Crippen LogP contribution in [-0.2, 0) is 0 Å². The van der Waals surface area contributed by atoms with Crippen LogP contribution in [-0.4, -0.2) is 5.24 Å². The number of hydrogen-bond donors (Lipinski definition) is 0. The first kappa shape index (κ1) is 9.06. The molecule has 12 heavy (non-hydrogen) atoms. The molecule has 64 valence electrons. The Kier molecular flexibility index (Phi) is 2.38. The highest BCUT2D eigenvalue weighted by molar-refractivity contribution is 6.67. The molecule has 0 radical (unpaired) electrons. The minimum absolute atomic E-state index is 0.577. The Morgan fingerprint density at radius 2 is 1.67 bits per heavy atom. The van der Waals surface area contributed by atoms with Gasteiger partial charge in [0.1, 0.15) is 11.4 Å². The van der Waals surface area contributed by atoms with Crippen molar-refractivity contribution in [1.82, 2.24) is 0 Å². The number of carbonyl (C=O) groups is 1. The maximum absolute atomic E-state index is 12.6. The monoisotopic (exact) mass is 194 g/mol. The molecule has 0 saturated heterocycles. The van der Waals surface area contributed by atoms with Crippen molar-refractivity contribution < 1.29 is 18.0 Å². The van der Waals surface area contributed by atoms with E-state index in [9.17, 15) is 18.0 Å². The summed E-state index contributed by atoms with van der Waals surface area (Å²) in [4.78, 5) is 10.4. The summed E-state index contributed by atoms with van der Waals surface area (Å²) in [6.07, 6.45) is 0. The lowest BCUT2D eigenvalue weighted by atomic mass is 10.2. The molecular weight excluding hydrogens is 193 g/mol. The van der Waals surface area contributed by atoms with Crippen LogP contribution in [0.5, 0.6) is 0 Å². The number of hydrogen-bond acceptors (Lipinski definition) is 1. The Hall–Kier alpha value is -1.03. The lowest BCUT2D eigenvalue weighted by Gasteiger charge is -1.98. The summed E-state index contributed by atoms with van der Waals surface area (Å²) in [7, 11) is 0. The van der Waals surface area contributed by atoms with Gasteiger partial charge in [-0.3, -0.25) is 4.79 Å². The van der Waals surface area contributed by atoms with Gasteiger partial charge in [0.25, 0.3) is 5.24 Å². The summed E-state index contributed by atoms with van der Waals surface area (Å²) in [5.74, 6) is -4.04. The average molecular weight is 195 g/mol. The summed E-state index contributed by atoms with van der Waals surface area (Å²) in [5.41, 5.74) is -1.06. The largest absolute Gasteiger partial charge is 0.275 e. The molecule has 0 saturated carbocycles. The fourth-order valence-electron chi connectivity index (χ4n) is 0.707. The second kappa shape index (κ2) is 3.15. The van der Waals surface area contributed by atoms with Crippen LogP contribution in [0.25, 0.3) is 0 Å². The van der Waals surface area contributed by atoms with Crippen LogP contribution in [0.1, 0.15) is 10.4 Å². The van der Waals surface area contributed by atoms with Crippen LogP contribution in [0.15, 0.2) is 12.1 Å². The van der Waals surface area contributed by atoms with Crippen molar-refractivity contribution in [2.45, 2.75) is 0 Å². The van der Waals surface area contributed by atoms with E-state index in [-0.39, 0.29) is 0 Å². The molecule has 0 aliphatic carbocycles. The van der Waals surface area contributed by atoms with Crippen LogP contribution >= 0.6 is 11.6 Å². The fourth-order valence-corrected chi connectivity index (χ4v) is 0.880. The number of rotatable bonds is 1. The van der Waals surface area contributed by atoms with E-state index in [1.807, 2.05) is 0 Å². The molecule has 1 nitrogen and oxygen atoms in total. The van der Waals surface area contributed by atoms with Gasteiger partial charge in [0.15, 0.2) is 11.6 Å². The zero-order chi connectivity index (χ0) is 9.30. The van der Waals surface area contributed by atoms with Crippen molar-refractivity contribution in [2.24, 2.45) is 0 Å². The van der Waals surface area contributed by atoms with E-state index in [0.29, 0.717) is 12.1 Å². The molecule has 0 N–H and O–H groups in total. The van der Waals surface area contributed by atoms with Gasteiger partial charge in [-0.25, -0.2) is 13.2 Å². The number of carbonyl (C=O) groups excluding carboxylic acids is 1. The molecule has 0 bridgehead atoms. The molecule has 1 aromatic rings. The Labute approximate surface area is 70.8 Å². The third-order valence-corrected chi connectivity index (χ3v) is 1.43. The van der Waals surface area contributed by atoms with Crippen molar-refractivity contribution in [3.05, 3.63) is 35.1 Å². The maximum atomic E-state index is 12.6. The highest BCUT2D eigenvalue weighted by Crippen LogP contribution is 2.17. The highest BCUT2D eigenvalue weighted by atomic mass is 35.5. The zero-order valence-electron chi connectivity index (χ0n) is 5.57. The third-order valence-electron chi connectivity index (χ3n) is 1.24. The smallest absolute Gasteiger partial charge is 0.258 e. The Bertz CT molecular complexity index is 338. The molecule has 0 heterocycles. The lowest BCUT2D eigenvalue weighted by Crippen LogP contribution is -2.01. The molecular formula is C7H2ClF3O. The van der Waals surface area contributed by atoms with Crippen molar-refractivity contribution in [1.29, 1.82) is 0 Å². The van der Waals surface area contributed by atoms with Gasteiger partial charge in [0, 0.05) is 0 Å². The Morgan fingerprint density at radius 1 is 1.17 bits per heavy atom. The second-order valence-corrected chi connectivity index (χ2v) is 2.34. The molecule has 0 fully saturated rings. The summed E-state index contributed by atoms with van der Waals surface area (Å²) in [6, 6.07) is 1.21. The summed E-state index contributed by atoms with van der Waals surface area (Å²) in [6.45, 7) is 0. The minimum Gasteiger partial charge on any atom is -0.275 e. The van der Waals surface area contributed by atoms with Gasteiger partial charge < -0.3 is 0 Å². The SMILES string of the molecule is O=C(Cl)c1c(F)ccc(F)c1F. The average Bonchev–Trinajstić information content (AvgIpc) is 1.97. The molecule has 0 amide bonds. The van der Waals surface area contributed by atoms with Crippen LogP contribution in [0, 0.1) is 17.5 Å². The van der Waals surface area contributed by atoms with Gasteiger partial charge in [-0.2, -0.15) is 0 Å². The van der Waals surface area contributed by atoms with E-state index in [2.05, 4.69) is 0 Å². The van der Waals surface area contributed by atoms with Crippen LogP contribution in [0.4, 0.5) is 13.2 Å². The molecule has 1 rings (SSSR count). The number of halogens is 4. The van der Waals surface area contributed by atoms with Crippen LogP contribution in [0.3, 0.4) is 0 Å². The molecule has 1 aromatic carbocycles. The molecule has 0 spiro atoms. The molecule has 5 heteroatoms. The predicted octanol–water partition coefficient (Wildman–Crippen LogP) is 2.48. The Morgan fingerprint density at radius 3 is 2.08 bits per heavy atom. The van der Waals surface area contributed by atoms with Crippen LogP contribution < -0.4 is 0 Å². The van der Waals surface area contributed by atoms with Gasteiger partial charge in [0.05, 0.1) is 0 Å².